The van der Waals surface area contributed by atoms with Gasteiger partial charge >= 0.3 is 0 Å². The Balaban J connectivity index is 3.26. The number of benzene rings is 1. The van der Waals surface area contributed by atoms with Gasteiger partial charge in [0.05, 0.1) is 10.5 Å². The van der Waals surface area contributed by atoms with Crippen molar-refractivity contribution in [2.24, 2.45) is 0 Å². The molecule has 0 amide bonds. The van der Waals surface area contributed by atoms with Gasteiger partial charge in [-0.3, -0.25) is 0 Å². The Morgan fingerprint density at radius 3 is 2.42 bits per heavy atom. The zero-order valence-corrected chi connectivity index (χ0v) is 12.2. The van der Waals surface area contributed by atoms with Crippen molar-refractivity contribution in [2.45, 2.75) is 44.0 Å². The number of nitrogens with two attached hydrogens (primary N) is 1. The van der Waals surface area contributed by atoms with Crippen molar-refractivity contribution in [3.8, 4) is 6.07 Å². The summed E-state index contributed by atoms with van der Waals surface area (Å²) in [6.45, 7) is 5.67. The number of hydrogen-bond donors (Lipinski definition) is 2. The summed E-state index contributed by atoms with van der Waals surface area (Å²) in [5, 5.41) is 9.02. The summed E-state index contributed by atoms with van der Waals surface area (Å²) in [6, 6.07) is 6.07. The summed E-state index contributed by atoms with van der Waals surface area (Å²) in [5.41, 5.74) is 5.46. The number of hydrogen-bond acceptors (Lipinski definition) is 4. The molecule has 0 unspecified atom stereocenters. The highest BCUT2D eigenvalue weighted by Crippen LogP contribution is 2.22. The van der Waals surface area contributed by atoms with Gasteiger partial charge in [0.2, 0.25) is 10.0 Å². The van der Waals surface area contributed by atoms with Gasteiger partial charge in [0.15, 0.2) is 0 Å². The van der Waals surface area contributed by atoms with E-state index in [-0.39, 0.29) is 10.5 Å². The molecule has 19 heavy (non-hydrogen) atoms. The highest BCUT2D eigenvalue weighted by Gasteiger charge is 2.28. The lowest BCUT2D eigenvalue weighted by molar-refractivity contribution is 0.388. The highest BCUT2D eigenvalue weighted by molar-refractivity contribution is 7.89. The van der Waals surface area contributed by atoms with Gasteiger partial charge in [-0.05, 0) is 38.0 Å². The second kappa shape index (κ2) is 5.59. The van der Waals surface area contributed by atoms with E-state index < -0.39 is 15.6 Å². The lowest BCUT2D eigenvalue weighted by atomic mass is 9.98. The molecule has 1 aromatic carbocycles. The van der Waals surface area contributed by atoms with Crippen LogP contribution in [0.5, 0.6) is 0 Å². The smallest absolute Gasteiger partial charge is 0.242 e. The minimum absolute atomic E-state index is 0.0303. The summed E-state index contributed by atoms with van der Waals surface area (Å²) in [7, 11) is -3.73. The van der Waals surface area contributed by atoms with Crippen LogP contribution in [0.25, 0.3) is 0 Å². The van der Waals surface area contributed by atoms with Gasteiger partial charge in [-0.2, -0.15) is 5.26 Å². The third kappa shape index (κ3) is 3.46. The van der Waals surface area contributed by atoms with Crippen LogP contribution in [0, 0.1) is 11.3 Å². The molecule has 0 aliphatic rings. The molecule has 1 aromatic rings. The maximum absolute atomic E-state index is 12.4. The molecule has 104 valence electrons. The fourth-order valence-corrected chi connectivity index (χ4v) is 3.33. The first-order chi connectivity index (χ1) is 8.78. The topological polar surface area (TPSA) is 96.0 Å². The quantitative estimate of drug-likeness (QED) is 0.807. The number of nitrogen functional groups attached to an aromatic ring is 1. The van der Waals surface area contributed by atoms with Gasteiger partial charge < -0.3 is 5.73 Å². The van der Waals surface area contributed by atoms with Crippen LogP contribution in [0.2, 0.25) is 0 Å². The Bertz CT molecular complexity index is 599. The van der Waals surface area contributed by atoms with Crippen LogP contribution in [0.3, 0.4) is 0 Å². The number of anilines is 1. The molecular formula is C13H19N3O2S. The Kier molecular flexibility index (Phi) is 4.56. The van der Waals surface area contributed by atoms with Crippen molar-refractivity contribution in [3.63, 3.8) is 0 Å². The largest absolute Gasteiger partial charge is 0.399 e. The Hall–Kier alpha value is -1.58. The molecule has 0 heterocycles. The highest BCUT2D eigenvalue weighted by atomic mass is 32.2. The first-order valence-electron chi connectivity index (χ1n) is 6.11. The van der Waals surface area contributed by atoms with Gasteiger partial charge in [0.25, 0.3) is 0 Å². The monoisotopic (exact) mass is 281 g/mol. The molecule has 1 rings (SSSR count). The van der Waals surface area contributed by atoms with E-state index in [2.05, 4.69) is 4.72 Å². The normalized spacial score (nSPS) is 12.1. The first-order valence-corrected chi connectivity index (χ1v) is 7.60. The number of rotatable bonds is 5. The molecule has 0 atom stereocenters. The summed E-state index contributed by atoms with van der Waals surface area (Å²) in [5.74, 6) is 0. The van der Waals surface area contributed by atoms with Crippen LogP contribution in [-0.4, -0.2) is 14.0 Å². The van der Waals surface area contributed by atoms with Crippen LogP contribution < -0.4 is 10.5 Å². The zero-order valence-electron chi connectivity index (χ0n) is 11.4. The number of nitriles is 1. The average molecular weight is 281 g/mol. The lowest BCUT2D eigenvalue weighted by Gasteiger charge is -2.28. The molecule has 0 radical (unpaired) electrons. The van der Waals surface area contributed by atoms with Crippen LogP contribution >= 0.6 is 0 Å². The summed E-state index contributed by atoms with van der Waals surface area (Å²) < 4.78 is 27.4. The first kappa shape index (κ1) is 15.5. The van der Waals surface area contributed by atoms with Crippen LogP contribution in [0.4, 0.5) is 5.69 Å². The maximum Gasteiger partial charge on any atom is 0.242 e. The minimum Gasteiger partial charge on any atom is -0.399 e. The molecule has 0 aromatic heterocycles. The third-order valence-electron chi connectivity index (χ3n) is 3.36. The van der Waals surface area contributed by atoms with Gasteiger partial charge in [-0.1, -0.05) is 13.8 Å². The van der Waals surface area contributed by atoms with Crippen molar-refractivity contribution in [1.82, 2.24) is 4.72 Å². The van der Waals surface area contributed by atoms with Crippen LogP contribution in [0.15, 0.2) is 23.1 Å². The third-order valence-corrected chi connectivity index (χ3v) is 5.05. The van der Waals surface area contributed by atoms with E-state index in [9.17, 15) is 8.42 Å². The standard InChI is InChI=1S/C13H19N3O2S/c1-4-13(3,5-2)16-19(17,18)12-7-6-11(15)8-10(12)9-14/h6-8,16H,4-5,15H2,1-3H3. The molecule has 0 spiro atoms. The van der Waals surface area contributed by atoms with Gasteiger partial charge in [0, 0.05) is 11.2 Å². The summed E-state index contributed by atoms with van der Waals surface area (Å²) in [4.78, 5) is -0.0303. The van der Waals surface area contributed by atoms with Crippen LogP contribution in [-0.2, 0) is 10.0 Å². The molecular weight excluding hydrogens is 262 g/mol. The Labute approximate surface area is 114 Å². The Morgan fingerprint density at radius 2 is 1.95 bits per heavy atom. The minimum atomic E-state index is -3.73. The van der Waals surface area contributed by atoms with Crippen LogP contribution in [0.1, 0.15) is 39.2 Å². The molecule has 0 aliphatic carbocycles. The molecule has 3 N–H and O–H groups in total. The predicted octanol–water partition coefficient (Wildman–Crippen LogP) is 2.00. The van der Waals surface area contributed by atoms with Crippen molar-refractivity contribution in [1.29, 1.82) is 5.26 Å². The molecule has 0 bridgehead atoms. The van der Waals surface area contributed by atoms with Crippen molar-refractivity contribution < 1.29 is 8.42 Å². The van der Waals surface area contributed by atoms with Crippen molar-refractivity contribution in [2.75, 3.05) is 5.73 Å². The van der Waals surface area contributed by atoms with E-state index in [0.29, 0.717) is 18.5 Å². The number of nitrogens with one attached hydrogen (secondary N) is 1. The van der Waals surface area contributed by atoms with Crippen molar-refractivity contribution in [3.05, 3.63) is 23.8 Å². The molecule has 0 saturated heterocycles. The second-order valence-corrected chi connectivity index (χ2v) is 6.39. The van der Waals surface area contributed by atoms with Crippen molar-refractivity contribution >= 4 is 15.7 Å². The van der Waals surface area contributed by atoms with Gasteiger partial charge in [-0.25, -0.2) is 13.1 Å². The molecule has 0 aliphatic heterocycles. The molecule has 0 fully saturated rings. The van der Waals surface area contributed by atoms with E-state index in [1.54, 1.807) is 0 Å². The fourth-order valence-electron chi connectivity index (χ4n) is 1.64. The maximum atomic E-state index is 12.4. The van der Waals surface area contributed by atoms with E-state index >= 15 is 0 Å². The van der Waals surface area contributed by atoms with Gasteiger partial charge in [-0.15, -0.1) is 0 Å². The average Bonchev–Trinajstić information content (AvgIpc) is 2.37. The van der Waals surface area contributed by atoms with E-state index in [4.69, 9.17) is 11.0 Å². The number of nitrogens with zero attached hydrogens (tertiary/aromatic N) is 1. The summed E-state index contributed by atoms with van der Waals surface area (Å²) >= 11 is 0. The molecule has 5 nitrogen and oxygen atoms in total. The second-order valence-electron chi connectivity index (χ2n) is 4.74. The molecule has 6 heteroatoms. The SMILES string of the molecule is CCC(C)(CC)NS(=O)(=O)c1ccc(N)cc1C#N. The fraction of sp³-hybridized carbons (Fsp3) is 0.462. The number of sulfonamides is 1. The van der Waals surface area contributed by atoms with Gasteiger partial charge in [0.1, 0.15) is 6.07 Å². The predicted molar refractivity (Wildman–Crippen MR) is 74.9 cm³/mol. The molecule has 0 saturated carbocycles. The lowest BCUT2D eigenvalue weighted by Crippen LogP contribution is -2.45. The zero-order chi connectivity index (χ0) is 14.7. The van der Waals surface area contributed by atoms with E-state index in [1.165, 1.54) is 18.2 Å². The van der Waals surface area contributed by atoms with E-state index in [1.807, 2.05) is 26.8 Å². The Morgan fingerprint density at radius 1 is 1.37 bits per heavy atom. The van der Waals surface area contributed by atoms with E-state index in [0.717, 1.165) is 0 Å². The summed E-state index contributed by atoms with van der Waals surface area (Å²) in [6.07, 6.45) is 1.33.